The maximum absolute atomic E-state index is 13.0. The van der Waals surface area contributed by atoms with Crippen LogP contribution >= 0.6 is 0 Å². The van der Waals surface area contributed by atoms with Gasteiger partial charge in [0.15, 0.2) is 0 Å². The lowest BCUT2D eigenvalue weighted by molar-refractivity contribution is 0.407. The molecule has 0 spiro atoms. The second-order valence-electron chi connectivity index (χ2n) is 3.52. The van der Waals surface area contributed by atoms with Gasteiger partial charge in [0.05, 0.1) is 7.11 Å². The number of benzene rings is 1. The predicted octanol–water partition coefficient (Wildman–Crippen LogP) is 2.38. The van der Waals surface area contributed by atoms with Gasteiger partial charge in [-0.05, 0) is 56.6 Å². The van der Waals surface area contributed by atoms with Crippen molar-refractivity contribution in [2.45, 2.75) is 19.3 Å². The van der Waals surface area contributed by atoms with Crippen molar-refractivity contribution in [3.8, 4) is 5.75 Å². The Morgan fingerprint density at radius 1 is 1.33 bits per heavy atom. The molecule has 84 valence electrons. The summed E-state index contributed by atoms with van der Waals surface area (Å²) in [5, 5.41) is 3.09. The third-order valence-electron chi connectivity index (χ3n) is 2.37. The summed E-state index contributed by atoms with van der Waals surface area (Å²) in [6.45, 7) is 0.998. The molecule has 15 heavy (non-hydrogen) atoms. The Hall–Kier alpha value is -1.09. The van der Waals surface area contributed by atoms with Gasteiger partial charge in [-0.15, -0.1) is 0 Å². The molecule has 0 aromatic heterocycles. The van der Waals surface area contributed by atoms with E-state index in [4.69, 9.17) is 4.74 Å². The quantitative estimate of drug-likeness (QED) is 0.729. The van der Waals surface area contributed by atoms with E-state index in [0.717, 1.165) is 37.1 Å². The van der Waals surface area contributed by atoms with E-state index in [1.54, 1.807) is 19.2 Å². The summed E-state index contributed by atoms with van der Waals surface area (Å²) in [5.41, 5.74) is 0.952. The highest BCUT2D eigenvalue weighted by atomic mass is 19.1. The largest absolute Gasteiger partial charge is 0.496 e. The highest BCUT2D eigenvalue weighted by molar-refractivity contribution is 5.33. The highest BCUT2D eigenvalue weighted by Gasteiger charge is 2.03. The SMILES string of the molecule is CNCCCCc1cc(F)ccc1OC. The summed E-state index contributed by atoms with van der Waals surface area (Å²) < 4.78 is 18.2. The molecular formula is C12H18FNO. The molecule has 0 atom stereocenters. The minimum Gasteiger partial charge on any atom is -0.496 e. The molecule has 0 saturated heterocycles. The number of rotatable bonds is 6. The first-order valence-electron chi connectivity index (χ1n) is 5.25. The first-order chi connectivity index (χ1) is 7.27. The zero-order valence-corrected chi connectivity index (χ0v) is 9.35. The van der Waals surface area contributed by atoms with Gasteiger partial charge in [0.25, 0.3) is 0 Å². The molecule has 0 radical (unpaired) electrons. The Bertz CT molecular complexity index is 302. The Morgan fingerprint density at radius 2 is 2.13 bits per heavy atom. The topological polar surface area (TPSA) is 21.3 Å². The number of methoxy groups -OCH3 is 1. The molecule has 0 aliphatic carbocycles. The van der Waals surface area contributed by atoms with Crippen LogP contribution in [0.15, 0.2) is 18.2 Å². The van der Waals surface area contributed by atoms with Crippen LogP contribution in [0.1, 0.15) is 18.4 Å². The maximum atomic E-state index is 13.0. The second-order valence-corrected chi connectivity index (χ2v) is 3.52. The van der Waals surface area contributed by atoms with Crippen LogP contribution in [-0.4, -0.2) is 20.7 Å². The van der Waals surface area contributed by atoms with Crippen LogP contribution < -0.4 is 10.1 Å². The van der Waals surface area contributed by atoms with Crippen LogP contribution in [-0.2, 0) is 6.42 Å². The van der Waals surface area contributed by atoms with Crippen molar-refractivity contribution in [2.24, 2.45) is 0 Å². The summed E-state index contributed by atoms with van der Waals surface area (Å²) in [7, 11) is 3.55. The molecule has 0 aliphatic rings. The summed E-state index contributed by atoms with van der Waals surface area (Å²) in [5.74, 6) is 0.584. The lowest BCUT2D eigenvalue weighted by Crippen LogP contribution is -2.07. The minimum absolute atomic E-state index is 0.195. The fourth-order valence-electron chi connectivity index (χ4n) is 1.56. The van der Waals surface area contributed by atoms with Crippen LogP contribution in [0.25, 0.3) is 0 Å². The molecule has 1 aromatic carbocycles. The average molecular weight is 211 g/mol. The van der Waals surface area contributed by atoms with Crippen molar-refractivity contribution < 1.29 is 9.13 Å². The monoisotopic (exact) mass is 211 g/mol. The van der Waals surface area contributed by atoms with Gasteiger partial charge in [-0.3, -0.25) is 0 Å². The number of nitrogens with one attached hydrogen (secondary N) is 1. The van der Waals surface area contributed by atoms with E-state index in [0.29, 0.717) is 0 Å². The number of unbranched alkanes of at least 4 members (excludes halogenated alkanes) is 1. The molecule has 3 heteroatoms. The van der Waals surface area contributed by atoms with Crippen LogP contribution in [0.4, 0.5) is 4.39 Å². The van der Waals surface area contributed by atoms with Crippen molar-refractivity contribution in [3.63, 3.8) is 0 Å². The average Bonchev–Trinajstić information content (AvgIpc) is 2.25. The number of aryl methyl sites for hydroxylation is 1. The van der Waals surface area contributed by atoms with E-state index in [1.807, 2.05) is 7.05 Å². The van der Waals surface area contributed by atoms with Crippen molar-refractivity contribution in [1.82, 2.24) is 5.32 Å². The molecule has 1 rings (SSSR count). The van der Waals surface area contributed by atoms with E-state index < -0.39 is 0 Å². The minimum atomic E-state index is -0.195. The Kier molecular flexibility index (Phi) is 5.12. The third-order valence-corrected chi connectivity index (χ3v) is 2.37. The fourth-order valence-corrected chi connectivity index (χ4v) is 1.56. The predicted molar refractivity (Wildman–Crippen MR) is 59.8 cm³/mol. The third kappa shape index (κ3) is 3.88. The second kappa shape index (κ2) is 6.40. The summed E-state index contributed by atoms with van der Waals surface area (Å²) in [4.78, 5) is 0. The van der Waals surface area contributed by atoms with E-state index in [9.17, 15) is 4.39 Å². The molecule has 2 nitrogen and oxygen atoms in total. The zero-order chi connectivity index (χ0) is 11.1. The Balaban J connectivity index is 2.54. The molecule has 1 aromatic rings. The summed E-state index contributed by atoms with van der Waals surface area (Å²) in [6.07, 6.45) is 3.00. The van der Waals surface area contributed by atoms with Crippen LogP contribution in [0, 0.1) is 5.82 Å². The van der Waals surface area contributed by atoms with Crippen LogP contribution in [0.2, 0.25) is 0 Å². The van der Waals surface area contributed by atoms with E-state index >= 15 is 0 Å². The molecule has 0 fully saturated rings. The van der Waals surface area contributed by atoms with Gasteiger partial charge in [-0.1, -0.05) is 0 Å². The van der Waals surface area contributed by atoms with E-state index in [1.165, 1.54) is 6.07 Å². The van der Waals surface area contributed by atoms with Crippen molar-refractivity contribution in [3.05, 3.63) is 29.6 Å². The van der Waals surface area contributed by atoms with Crippen LogP contribution in [0.3, 0.4) is 0 Å². The fraction of sp³-hybridized carbons (Fsp3) is 0.500. The van der Waals surface area contributed by atoms with Crippen molar-refractivity contribution in [1.29, 1.82) is 0 Å². The summed E-state index contributed by atoms with van der Waals surface area (Å²) >= 11 is 0. The molecule has 0 aliphatic heterocycles. The lowest BCUT2D eigenvalue weighted by Gasteiger charge is -2.08. The van der Waals surface area contributed by atoms with Gasteiger partial charge in [0, 0.05) is 0 Å². The first kappa shape index (κ1) is 12.0. The van der Waals surface area contributed by atoms with E-state index in [2.05, 4.69) is 5.32 Å². The summed E-state index contributed by atoms with van der Waals surface area (Å²) in [6, 6.07) is 4.66. The van der Waals surface area contributed by atoms with Gasteiger partial charge < -0.3 is 10.1 Å². The lowest BCUT2D eigenvalue weighted by atomic mass is 10.1. The molecule has 0 bridgehead atoms. The highest BCUT2D eigenvalue weighted by Crippen LogP contribution is 2.21. The normalized spacial score (nSPS) is 10.3. The molecule has 0 amide bonds. The molecule has 1 N–H and O–H groups in total. The van der Waals surface area contributed by atoms with Crippen molar-refractivity contribution >= 4 is 0 Å². The number of ether oxygens (including phenoxy) is 1. The first-order valence-corrected chi connectivity index (χ1v) is 5.25. The van der Waals surface area contributed by atoms with Gasteiger partial charge >= 0.3 is 0 Å². The molecule has 0 heterocycles. The Labute approximate surface area is 90.4 Å². The van der Waals surface area contributed by atoms with Gasteiger partial charge in [-0.2, -0.15) is 0 Å². The zero-order valence-electron chi connectivity index (χ0n) is 9.35. The number of hydrogen-bond acceptors (Lipinski definition) is 2. The molecule has 0 saturated carbocycles. The van der Waals surface area contributed by atoms with Gasteiger partial charge in [-0.25, -0.2) is 4.39 Å². The molecule has 0 unspecified atom stereocenters. The maximum Gasteiger partial charge on any atom is 0.123 e. The Morgan fingerprint density at radius 3 is 2.80 bits per heavy atom. The molecular weight excluding hydrogens is 193 g/mol. The van der Waals surface area contributed by atoms with Gasteiger partial charge in [0.2, 0.25) is 0 Å². The van der Waals surface area contributed by atoms with E-state index in [-0.39, 0.29) is 5.82 Å². The van der Waals surface area contributed by atoms with Gasteiger partial charge in [0.1, 0.15) is 11.6 Å². The number of hydrogen-bond donors (Lipinski definition) is 1. The number of halogens is 1. The smallest absolute Gasteiger partial charge is 0.123 e. The standard InChI is InChI=1S/C12H18FNO/c1-14-8-4-3-5-10-9-11(13)6-7-12(10)15-2/h6-7,9,14H,3-5,8H2,1-2H3. The van der Waals surface area contributed by atoms with Crippen molar-refractivity contribution in [2.75, 3.05) is 20.7 Å². The van der Waals surface area contributed by atoms with Crippen LogP contribution in [0.5, 0.6) is 5.75 Å².